The van der Waals surface area contributed by atoms with Crippen molar-refractivity contribution in [2.75, 3.05) is 0 Å². The molecule has 10 nitrogen and oxygen atoms in total. The molecule has 16 heavy (non-hydrogen) atoms. The number of amidine groups is 2. The molecule has 0 saturated heterocycles. The summed E-state index contributed by atoms with van der Waals surface area (Å²) in [6.45, 7) is 0. The zero-order chi connectivity index (χ0) is 12.6. The number of hydrogen-bond acceptors (Lipinski definition) is 8. The first-order valence-electron chi connectivity index (χ1n) is 3.52. The van der Waals surface area contributed by atoms with Crippen molar-refractivity contribution >= 4 is 23.1 Å². The summed E-state index contributed by atoms with van der Waals surface area (Å²) in [5, 5.41) is 44.7. The van der Waals surface area contributed by atoms with Gasteiger partial charge in [0.1, 0.15) is 12.1 Å². The minimum absolute atomic E-state index is 0.511. The average Bonchev–Trinajstić information content (AvgIpc) is 2.29. The van der Waals surface area contributed by atoms with Gasteiger partial charge in [0, 0.05) is 0 Å². The molecule has 0 rings (SSSR count). The zero-order valence-electron chi connectivity index (χ0n) is 7.73. The van der Waals surface area contributed by atoms with Gasteiger partial charge < -0.3 is 21.9 Å². The van der Waals surface area contributed by atoms with E-state index < -0.39 is 23.1 Å². The molecule has 0 aliphatic heterocycles. The second-order valence-electron chi connectivity index (χ2n) is 2.09. The average molecular weight is 222 g/mol. The van der Waals surface area contributed by atoms with E-state index in [1.54, 1.807) is 0 Å². The third-order valence-electron chi connectivity index (χ3n) is 1.16. The van der Waals surface area contributed by atoms with Gasteiger partial charge in [-0.15, -0.1) is 10.2 Å². The Bertz CT molecular complexity index is 416. The van der Waals surface area contributed by atoms with Crippen molar-refractivity contribution in [3.8, 4) is 12.1 Å². The summed E-state index contributed by atoms with van der Waals surface area (Å²) in [6, 6.07) is 2.84. The highest BCUT2D eigenvalue weighted by atomic mass is 16.4. The monoisotopic (exact) mass is 222 g/mol. The van der Waals surface area contributed by atoms with E-state index in [2.05, 4.69) is 20.5 Å². The van der Waals surface area contributed by atoms with Gasteiger partial charge in [-0.1, -0.05) is 10.3 Å². The third-order valence-corrected chi connectivity index (χ3v) is 1.16. The predicted molar refractivity (Wildman–Crippen MR) is 52.9 cm³/mol. The quantitative estimate of drug-likeness (QED) is 0.191. The fourth-order valence-electron chi connectivity index (χ4n) is 0.464. The summed E-state index contributed by atoms with van der Waals surface area (Å²) >= 11 is 0. The van der Waals surface area contributed by atoms with E-state index in [1.807, 2.05) is 0 Å². The highest BCUT2D eigenvalue weighted by Crippen LogP contribution is 1.83. The zero-order valence-corrected chi connectivity index (χ0v) is 7.73. The molecule has 6 N–H and O–H groups in total. The number of nitrogens with two attached hydrogens (primary N) is 2. The van der Waals surface area contributed by atoms with Crippen LogP contribution in [-0.4, -0.2) is 33.5 Å². The molecule has 0 aliphatic carbocycles. The molecule has 0 aromatic rings. The summed E-state index contributed by atoms with van der Waals surface area (Å²) in [5.74, 6) is -1.02. The minimum atomic E-state index is -0.573. The van der Waals surface area contributed by atoms with Gasteiger partial charge in [0.2, 0.25) is 11.4 Å². The van der Waals surface area contributed by atoms with Crippen LogP contribution in [0.3, 0.4) is 0 Å². The molecule has 0 amide bonds. The van der Waals surface area contributed by atoms with Crippen molar-refractivity contribution in [1.29, 1.82) is 10.5 Å². The van der Waals surface area contributed by atoms with Crippen molar-refractivity contribution in [2.24, 2.45) is 32.0 Å². The van der Waals surface area contributed by atoms with Gasteiger partial charge >= 0.3 is 0 Å². The molecule has 0 saturated carbocycles. The molecule has 0 atom stereocenters. The number of nitriles is 2. The summed E-state index contributed by atoms with van der Waals surface area (Å²) < 4.78 is 0. The molecular formula is C6H6N8O2. The smallest absolute Gasteiger partial charge is 0.223 e. The molecule has 0 aromatic heterocycles. The van der Waals surface area contributed by atoms with Crippen LogP contribution in [0.15, 0.2) is 20.5 Å². The van der Waals surface area contributed by atoms with Crippen molar-refractivity contribution in [3.05, 3.63) is 0 Å². The van der Waals surface area contributed by atoms with E-state index in [0.717, 1.165) is 0 Å². The molecular weight excluding hydrogens is 216 g/mol. The molecule has 10 heteroatoms. The number of nitrogens with zero attached hydrogens (tertiary/aromatic N) is 6. The highest BCUT2D eigenvalue weighted by Gasteiger charge is 2.06. The first-order chi connectivity index (χ1) is 7.60. The Kier molecular flexibility index (Phi) is 5.09. The Balaban J connectivity index is 5.05. The second-order valence-corrected chi connectivity index (χ2v) is 2.09. The lowest BCUT2D eigenvalue weighted by molar-refractivity contribution is 0.320. The molecule has 0 bridgehead atoms. The van der Waals surface area contributed by atoms with Crippen LogP contribution in [0.2, 0.25) is 0 Å². The molecule has 0 aromatic carbocycles. The topological polar surface area (TPSA) is 190 Å². The molecule has 0 radical (unpaired) electrons. The van der Waals surface area contributed by atoms with Gasteiger partial charge in [-0.05, 0) is 0 Å². The van der Waals surface area contributed by atoms with Crippen molar-refractivity contribution < 1.29 is 10.4 Å². The number of rotatable bonds is 3. The van der Waals surface area contributed by atoms with E-state index >= 15 is 0 Å². The van der Waals surface area contributed by atoms with E-state index in [-0.39, 0.29) is 0 Å². The Labute approximate surface area is 89.1 Å². The second kappa shape index (κ2) is 6.33. The lowest BCUT2D eigenvalue weighted by Crippen LogP contribution is -2.25. The maximum absolute atomic E-state index is 8.37. The standard InChI is InChI=1S/C6H6N8O2/c7-1-3(13-15)5(9)11-12-6(10)4(2-8)14-16/h15-16H,(H2,9,11)(H2,10,12)/b13-3+,14-4+. The number of oxime groups is 2. The maximum Gasteiger partial charge on any atom is 0.223 e. The van der Waals surface area contributed by atoms with Crippen LogP contribution in [0.25, 0.3) is 0 Å². The van der Waals surface area contributed by atoms with Crippen molar-refractivity contribution in [1.82, 2.24) is 0 Å². The predicted octanol–water partition coefficient (Wildman–Crippen LogP) is -1.68. The fraction of sp³-hybridized carbons (Fsp3) is 0. The van der Waals surface area contributed by atoms with Gasteiger partial charge in [0.15, 0.2) is 11.7 Å². The van der Waals surface area contributed by atoms with Crippen LogP contribution in [0.5, 0.6) is 0 Å². The van der Waals surface area contributed by atoms with E-state index in [1.165, 1.54) is 12.1 Å². The van der Waals surface area contributed by atoms with E-state index in [4.69, 9.17) is 32.4 Å². The summed E-state index contributed by atoms with van der Waals surface area (Å²) in [6.07, 6.45) is 0. The molecule has 0 fully saturated rings. The van der Waals surface area contributed by atoms with Crippen LogP contribution in [0.1, 0.15) is 0 Å². The molecule has 82 valence electrons. The highest BCUT2D eigenvalue weighted by molar-refractivity contribution is 6.48. The van der Waals surface area contributed by atoms with Gasteiger partial charge in [-0.3, -0.25) is 0 Å². The molecule has 0 spiro atoms. The first kappa shape index (κ1) is 12.9. The minimum Gasteiger partial charge on any atom is -0.410 e. The molecule has 0 aliphatic rings. The Hall–Kier alpha value is -3.14. The Morgan fingerprint density at radius 1 is 0.875 bits per heavy atom. The van der Waals surface area contributed by atoms with E-state index in [9.17, 15) is 0 Å². The van der Waals surface area contributed by atoms with Crippen LogP contribution in [0.4, 0.5) is 0 Å². The summed E-state index contributed by atoms with van der Waals surface area (Å²) in [7, 11) is 0. The maximum atomic E-state index is 8.37. The molecule has 0 unspecified atom stereocenters. The Morgan fingerprint density at radius 2 is 1.19 bits per heavy atom. The Morgan fingerprint density at radius 3 is 1.38 bits per heavy atom. The van der Waals surface area contributed by atoms with Gasteiger partial charge in [0.25, 0.3) is 0 Å². The SMILES string of the molecule is N#CC(=N\O)/C(N)=N/N=C(N)/C(C#N)=N/O. The van der Waals surface area contributed by atoms with Crippen molar-refractivity contribution in [3.63, 3.8) is 0 Å². The van der Waals surface area contributed by atoms with Gasteiger partial charge in [0.05, 0.1) is 0 Å². The molecule has 0 heterocycles. The van der Waals surface area contributed by atoms with Crippen LogP contribution >= 0.6 is 0 Å². The van der Waals surface area contributed by atoms with Gasteiger partial charge in [-0.25, -0.2) is 0 Å². The largest absolute Gasteiger partial charge is 0.410 e. The van der Waals surface area contributed by atoms with Crippen molar-refractivity contribution in [2.45, 2.75) is 0 Å². The lowest BCUT2D eigenvalue weighted by Gasteiger charge is -1.92. The van der Waals surface area contributed by atoms with Gasteiger partial charge in [-0.2, -0.15) is 10.5 Å². The lowest BCUT2D eigenvalue weighted by atomic mass is 10.4. The van der Waals surface area contributed by atoms with Crippen LogP contribution < -0.4 is 11.5 Å². The number of hydrogen-bond donors (Lipinski definition) is 4. The fourth-order valence-corrected chi connectivity index (χ4v) is 0.464. The normalized spacial score (nSPS) is 14.1. The summed E-state index contributed by atoms with van der Waals surface area (Å²) in [4.78, 5) is 0. The van der Waals surface area contributed by atoms with Crippen LogP contribution in [0, 0.1) is 22.7 Å². The third kappa shape index (κ3) is 3.31. The van der Waals surface area contributed by atoms with Crippen LogP contribution in [-0.2, 0) is 0 Å². The first-order valence-corrected chi connectivity index (χ1v) is 3.52. The summed E-state index contributed by atoms with van der Waals surface area (Å²) in [5.41, 5.74) is 9.17. The van der Waals surface area contributed by atoms with E-state index in [0.29, 0.717) is 0 Å².